The van der Waals surface area contributed by atoms with Crippen molar-refractivity contribution in [3.05, 3.63) is 35.7 Å². The minimum absolute atomic E-state index is 0.299. The molecule has 0 N–H and O–H groups in total. The van der Waals surface area contributed by atoms with E-state index in [1.54, 1.807) is 0 Å². The van der Waals surface area contributed by atoms with Crippen LogP contribution in [0.5, 0.6) is 0 Å². The molecule has 24 heavy (non-hydrogen) atoms. The van der Waals surface area contributed by atoms with Crippen LogP contribution in [0.25, 0.3) is 0 Å². The third kappa shape index (κ3) is 2.58. The average Bonchev–Trinajstić information content (AvgIpc) is 3.52. The second-order valence-corrected chi connectivity index (χ2v) is 7.46. The summed E-state index contributed by atoms with van der Waals surface area (Å²) in [5.41, 5.74) is 1.31. The van der Waals surface area contributed by atoms with Crippen molar-refractivity contribution in [1.29, 1.82) is 0 Å². The van der Waals surface area contributed by atoms with E-state index < -0.39 is 0 Å². The Morgan fingerprint density at radius 3 is 2.79 bits per heavy atom. The lowest BCUT2D eigenvalue weighted by Crippen LogP contribution is -2.40. The van der Waals surface area contributed by atoms with Gasteiger partial charge in [0.05, 0.1) is 25.8 Å². The first kappa shape index (κ1) is 14.7. The van der Waals surface area contributed by atoms with Gasteiger partial charge in [-0.25, -0.2) is 0 Å². The van der Waals surface area contributed by atoms with Crippen LogP contribution in [0.2, 0.25) is 0 Å². The second-order valence-electron chi connectivity index (χ2n) is 7.46. The van der Waals surface area contributed by atoms with E-state index in [4.69, 9.17) is 4.74 Å². The van der Waals surface area contributed by atoms with Crippen molar-refractivity contribution in [3.63, 3.8) is 0 Å². The highest BCUT2D eigenvalue weighted by molar-refractivity contribution is 5.15. The van der Waals surface area contributed by atoms with Crippen molar-refractivity contribution in [2.24, 2.45) is 7.05 Å². The van der Waals surface area contributed by atoms with Gasteiger partial charge in [0.25, 0.3) is 0 Å². The lowest BCUT2D eigenvalue weighted by Gasteiger charge is -2.35. The second kappa shape index (κ2) is 5.70. The van der Waals surface area contributed by atoms with E-state index in [-0.39, 0.29) is 0 Å². The first-order valence-electron chi connectivity index (χ1n) is 9.18. The molecule has 3 heterocycles. The predicted octanol–water partition coefficient (Wildman–Crippen LogP) is 2.40. The number of hydrogen-bond acceptors (Lipinski definition) is 4. The van der Waals surface area contributed by atoms with Gasteiger partial charge in [0, 0.05) is 37.4 Å². The van der Waals surface area contributed by atoms with Gasteiger partial charge < -0.3 is 13.9 Å². The summed E-state index contributed by atoms with van der Waals surface area (Å²) < 4.78 is 10.4. The Labute approximate surface area is 142 Å². The molecule has 1 aliphatic heterocycles. The van der Waals surface area contributed by atoms with Gasteiger partial charge in [0.2, 0.25) is 0 Å². The molecule has 0 aromatic carbocycles. The van der Waals surface area contributed by atoms with Crippen LogP contribution in [0.1, 0.15) is 61.0 Å². The van der Waals surface area contributed by atoms with E-state index in [1.807, 2.05) is 0 Å². The summed E-state index contributed by atoms with van der Waals surface area (Å²) in [6, 6.07) is 5.26. The summed E-state index contributed by atoms with van der Waals surface area (Å²) >= 11 is 0. The first-order chi connectivity index (χ1) is 11.8. The lowest BCUT2D eigenvalue weighted by molar-refractivity contribution is -0.0168. The highest BCUT2D eigenvalue weighted by Crippen LogP contribution is 2.45. The van der Waals surface area contributed by atoms with Gasteiger partial charge >= 0.3 is 0 Å². The number of nitrogens with zero attached hydrogens (tertiary/aromatic N) is 5. The molecule has 2 saturated carbocycles. The van der Waals surface area contributed by atoms with Gasteiger partial charge in [-0.2, -0.15) is 0 Å². The molecular weight excluding hydrogens is 302 g/mol. The monoisotopic (exact) mass is 327 g/mol. The van der Waals surface area contributed by atoms with Gasteiger partial charge in [-0.3, -0.25) is 4.90 Å². The Morgan fingerprint density at radius 1 is 1.21 bits per heavy atom. The summed E-state index contributed by atoms with van der Waals surface area (Å²) in [6.45, 7) is 3.38. The molecule has 6 heteroatoms. The highest BCUT2D eigenvalue weighted by atomic mass is 16.5. The third-order valence-electron chi connectivity index (χ3n) is 5.56. The van der Waals surface area contributed by atoms with Crippen LogP contribution < -0.4 is 0 Å². The fourth-order valence-corrected chi connectivity index (χ4v) is 3.90. The number of aryl methyl sites for hydroxylation is 1. The zero-order valence-corrected chi connectivity index (χ0v) is 14.3. The van der Waals surface area contributed by atoms with E-state index in [0.29, 0.717) is 18.0 Å². The van der Waals surface area contributed by atoms with Gasteiger partial charge in [0.1, 0.15) is 11.6 Å². The molecular formula is C18H25N5O. The fourth-order valence-electron chi connectivity index (χ4n) is 3.90. The third-order valence-corrected chi connectivity index (χ3v) is 5.56. The molecule has 1 saturated heterocycles. The molecule has 0 spiro atoms. The zero-order chi connectivity index (χ0) is 16.1. The van der Waals surface area contributed by atoms with Crippen LogP contribution in [-0.2, 0) is 18.3 Å². The molecule has 3 fully saturated rings. The molecule has 6 nitrogen and oxygen atoms in total. The van der Waals surface area contributed by atoms with Gasteiger partial charge in [-0.1, -0.05) is 0 Å². The van der Waals surface area contributed by atoms with E-state index in [1.165, 1.54) is 37.2 Å². The number of hydrogen-bond donors (Lipinski definition) is 0. The molecule has 5 rings (SSSR count). The normalized spacial score (nSPS) is 25.3. The van der Waals surface area contributed by atoms with Gasteiger partial charge in [-0.15, -0.1) is 10.2 Å². The number of ether oxygens (including phenoxy) is 1. The maximum atomic E-state index is 5.77. The quantitative estimate of drug-likeness (QED) is 0.846. The molecule has 0 bridgehead atoms. The maximum absolute atomic E-state index is 5.77. The smallest absolute Gasteiger partial charge is 0.147 e. The van der Waals surface area contributed by atoms with E-state index >= 15 is 0 Å². The van der Waals surface area contributed by atoms with Crippen molar-refractivity contribution in [1.82, 2.24) is 24.2 Å². The number of aromatic nitrogens is 4. The predicted molar refractivity (Wildman–Crippen MR) is 89.7 cm³/mol. The lowest BCUT2D eigenvalue weighted by atomic mass is 10.1. The summed E-state index contributed by atoms with van der Waals surface area (Å²) in [7, 11) is 2.11. The van der Waals surface area contributed by atoms with E-state index in [2.05, 4.69) is 49.6 Å². The Balaban J connectivity index is 1.42. The Hall–Kier alpha value is -1.66. The molecule has 0 unspecified atom stereocenters. The van der Waals surface area contributed by atoms with Crippen LogP contribution >= 0.6 is 0 Å². The van der Waals surface area contributed by atoms with E-state index in [0.717, 1.165) is 32.1 Å². The average molecular weight is 327 g/mol. The molecule has 0 amide bonds. The standard InChI is InChI=1S/C18H25N5O/c1-21-8-2-3-15(21)16-12-24-10-9-22(16)11-17-19-20-18(13-4-5-13)23(17)14-6-7-14/h2-3,8,13-14,16H,4-7,9-12H2,1H3/t16-/m1/s1. The van der Waals surface area contributed by atoms with Crippen LogP contribution in [-0.4, -0.2) is 44.0 Å². The SMILES string of the molecule is Cn1cccc1[C@H]1COCCN1Cc1nnc(C2CC2)n1C1CC1. The Morgan fingerprint density at radius 2 is 2.08 bits per heavy atom. The molecule has 2 aromatic heterocycles. The van der Waals surface area contributed by atoms with Crippen LogP contribution in [0.15, 0.2) is 18.3 Å². The molecule has 0 radical (unpaired) electrons. The molecule has 128 valence electrons. The minimum atomic E-state index is 0.299. The largest absolute Gasteiger partial charge is 0.378 e. The van der Waals surface area contributed by atoms with E-state index in [9.17, 15) is 0 Å². The van der Waals surface area contributed by atoms with Crippen LogP contribution in [0.4, 0.5) is 0 Å². The van der Waals surface area contributed by atoms with Crippen LogP contribution in [0.3, 0.4) is 0 Å². The van der Waals surface area contributed by atoms with Crippen molar-refractivity contribution in [3.8, 4) is 0 Å². The molecule has 2 aromatic rings. The number of rotatable bonds is 5. The fraction of sp³-hybridized carbons (Fsp3) is 0.667. The van der Waals surface area contributed by atoms with Crippen LogP contribution in [0, 0.1) is 0 Å². The molecule has 2 aliphatic carbocycles. The van der Waals surface area contributed by atoms with Crippen molar-refractivity contribution in [2.45, 2.75) is 50.2 Å². The molecule has 3 aliphatic rings. The van der Waals surface area contributed by atoms with Crippen molar-refractivity contribution >= 4 is 0 Å². The zero-order valence-electron chi connectivity index (χ0n) is 14.3. The summed E-state index contributed by atoms with van der Waals surface area (Å²) in [6.07, 6.45) is 7.26. The molecule has 1 atom stereocenters. The maximum Gasteiger partial charge on any atom is 0.147 e. The van der Waals surface area contributed by atoms with Gasteiger partial charge in [0.15, 0.2) is 0 Å². The Bertz CT molecular complexity index is 728. The Kier molecular flexibility index (Phi) is 3.49. The number of morpholine rings is 1. The van der Waals surface area contributed by atoms with Crippen molar-refractivity contribution < 1.29 is 4.74 Å². The van der Waals surface area contributed by atoms with Gasteiger partial charge in [-0.05, 0) is 37.8 Å². The summed E-state index contributed by atoms with van der Waals surface area (Å²) in [4.78, 5) is 2.51. The van der Waals surface area contributed by atoms with Crippen molar-refractivity contribution in [2.75, 3.05) is 19.8 Å². The highest BCUT2D eigenvalue weighted by Gasteiger charge is 2.37. The minimum Gasteiger partial charge on any atom is -0.378 e. The topological polar surface area (TPSA) is 48.1 Å². The first-order valence-corrected chi connectivity index (χ1v) is 9.18. The summed E-state index contributed by atoms with van der Waals surface area (Å²) in [5.74, 6) is 3.07. The summed E-state index contributed by atoms with van der Waals surface area (Å²) in [5, 5.41) is 9.15.